The van der Waals surface area contributed by atoms with Gasteiger partial charge in [0, 0.05) is 36.9 Å². The van der Waals surface area contributed by atoms with Gasteiger partial charge in [0.2, 0.25) is 0 Å². The summed E-state index contributed by atoms with van der Waals surface area (Å²) in [5.41, 5.74) is 0.967. The Kier molecular flexibility index (Phi) is 4.99. The normalized spacial score (nSPS) is 11.9. The number of nitrogens with one attached hydrogen (secondary N) is 2. The number of anilines is 1. The molecule has 2 aromatic heterocycles. The minimum Gasteiger partial charge on any atom is -0.345 e. The van der Waals surface area contributed by atoms with Crippen LogP contribution in [0.15, 0.2) is 36.7 Å². The van der Waals surface area contributed by atoms with Gasteiger partial charge in [0.1, 0.15) is 11.5 Å². The van der Waals surface area contributed by atoms with Crippen molar-refractivity contribution in [1.29, 1.82) is 0 Å². The van der Waals surface area contributed by atoms with E-state index < -0.39 is 21.8 Å². The molecule has 0 aliphatic heterocycles. The van der Waals surface area contributed by atoms with Crippen LogP contribution in [-0.4, -0.2) is 42.1 Å². The van der Waals surface area contributed by atoms with Crippen molar-refractivity contribution in [3.05, 3.63) is 59.2 Å². The van der Waals surface area contributed by atoms with Gasteiger partial charge >= 0.3 is 10.2 Å². The summed E-state index contributed by atoms with van der Waals surface area (Å²) < 4.78 is 42.6. The smallest absolute Gasteiger partial charge is 0.301 e. The minimum absolute atomic E-state index is 0.151. The highest BCUT2D eigenvalue weighted by Gasteiger charge is 2.24. The van der Waals surface area contributed by atoms with Crippen molar-refractivity contribution in [2.24, 2.45) is 0 Å². The molecule has 0 saturated heterocycles. The summed E-state index contributed by atoms with van der Waals surface area (Å²) in [4.78, 5) is 20.0. The summed E-state index contributed by atoms with van der Waals surface area (Å²) in [6.45, 7) is 3.47. The van der Waals surface area contributed by atoms with Crippen LogP contribution in [-0.2, 0) is 10.2 Å². The Morgan fingerprint density at radius 2 is 2.07 bits per heavy atom. The maximum Gasteiger partial charge on any atom is 0.301 e. The molecule has 0 unspecified atom stereocenters. The van der Waals surface area contributed by atoms with Crippen LogP contribution >= 0.6 is 0 Å². The summed E-state index contributed by atoms with van der Waals surface area (Å²) in [7, 11) is -2.37. The van der Waals surface area contributed by atoms with Gasteiger partial charge in [-0.25, -0.2) is 9.37 Å². The van der Waals surface area contributed by atoms with E-state index in [9.17, 15) is 17.6 Å². The lowest BCUT2D eigenvalue weighted by Crippen LogP contribution is -2.32. The molecule has 3 aromatic rings. The van der Waals surface area contributed by atoms with Gasteiger partial charge < -0.3 is 4.98 Å². The van der Waals surface area contributed by atoms with Crippen molar-refractivity contribution < 1.29 is 17.6 Å². The predicted molar refractivity (Wildman–Crippen MR) is 102 cm³/mol. The predicted octanol–water partition coefficient (Wildman–Crippen LogP) is 2.85. The molecule has 0 aliphatic rings. The van der Waals surface area contributed by atoms with Crippen LogP contribution in [0.1, 0.15) is 28.4 Å². The summed E-state index contributed by atoms with van der Waals surface area (Å²) in [6.07, 6.45) is 3.05. The number of hydrogen-bond acceptors (Lipinski definition) is 4. The Morgan fingerprint density at radius 3 is 2.78 bits per heavy atom. The van der Waals surface area contributed by atoms with E-state index in [4.69, 9.17) is 0 Å². The van der Waals surface area contributed by atoms with Crippen molar-refractivity contribution in [2.45, 2.75) is 13.8 Å². The fraction of sp³-hybridized carbons (Fsp3) is 0.222. The quantitative estimate of drug-likeness (QED) is 0.633. The molecule has 142 valence electrons. The standard InChI is InChI=1S/C18H19FN4O3S/c1-4-23(3)27(25,26)22-15-8-7-14(19)16(11(15)2)17(24)13-10-21-18-12(13)6-5-9-20-18/h5-10,22H,4H2,1-3H3,(H,20,21). The number of pyridine rings is 1. The van der Waals surface area contributed by atoms with Crippen LogP contribution in [0.3, 0.4) is 0 Å². The molecule has 2 heterocycles. The molecule has 0 amide bonds. The van der Waals surface area contributed by atoms with Gasteiger partial charge in [-0.05, 0) is 36.8 Å². The summed E-state index contributed by atoms with van der Waals surface area (Å²) in [6, 6.07) is 5.78. The number of benzene rings is 1. The molecule has 9 heteroatoms. The molecular formula is C18H19FN4O3S. The van der Waals surface area contributed by atoms with Crippen molar-refractivity contribution in [1.82, 2.24) is 14.3 Å². The van der Waals surface area contributed by atoms with E-state index in [1.807, 2.05) is 0 Å². The Labute approximate surface area is 156 Å². The number of nitrogens with zero attached hydrogens (tertiary/aromatic N) is 2. The topological polar surface area (TPSA) is 95.2 Å². The van der Waals surface area contributed by atoms with E-state index in [-0.39, 0.29) is 28.9 Å². The molecule has 0 spiro atoms. The number of rotatable bonds is 6. The highest BCUT2D eigenvalue weighted by atomic mass is 32.2. The van der Waals surface area contributed by atoms with Gasteiger partial charge in [-0.1, -0.05) is 6.92 Å². The molecule has 1 aromatic carbocycles. The van der Waals surface area contributed by atoms with Gasteiger partial charge in [-0.2, -0.15) is 12.7 Å². The van der Waals surface area contributed by atoms with Crippen LogP contribution in [0.5, 0.6) is 0 Å². The molecule has 0 aliphatic carbocycles. The first-order valence-electron chi connectivity index (χ1n) is 8.26. The summed E-state index contributed by atoms with van der Waals surface area (Å²) in [5.74, 6) is -1.27. The minimum atomic E-state index is -3.80. The van der Waals surface area contributed by atoms with E-state index in [0.717, 1.165) is 10.4 Å². The maximum atomic E-state index is 14.5. The summed E-state index contributed by atoms with van der Waals surface area (Å²) >= 11 is 0. The van der Waals surface area contributed by atoms with Crippen LogP contribution < -0.4 is 4.72 Å². The maximum absolute atomic E-state index is 14.5. The molecule has 0 fully saturated rings. The molecule has 0 saturated carbocycles. The number of aromatic nitrogens is 2. The molecule has 2 N–H and O–H groups in total. The van der Waals surface area contributed by atoms with Gasteiger partial charge in [0.05, 0.1) is 11.3 Å². The third-order valence-electron chi connectivity index (χ3n) is 4.43. The molecule has 0 bridgehead atoms. The van der Waals surface area contributed by atoms with E-state index in [1.165, 1.54) is 26.2 Å². The van der Waals surface area contributed by atoms with Gasteiger partial charge in [0.25, 0.3) is 0 Å². The second-order valence-corrected chi connectivity index (χ2v) is 7.82. The highest BCUT2D eigenvalue weighted by molar-refractivity contribution is 7.90. The number of aromatic amines is 1. The van der Waals surface area contributed by atoms with Gasteiger partial charge in [0.15, 0.2) is 5.78 Å². The average Bonchev–Trinajstić information content (AvgIpc) is 3.07. The SMILES string of the molecule is CCN(C)S(=O)(=O)Nc1ccc(F)c(C(=O)c2c[nH]c3ncccc23)c1C. The number of carbonyl (C=O) groups is 1. The van der Waals surface area contributed by atoms with Gasteiger partial charge in [-0.3, -0.25) is 9.52 Å². The van der Waals surface area contributed by atoms with Crippen molar-refractivity contribution in [3.8, 4) is 0 Å². The highest BCUT2D eigenvalue weighted by Crippen LogP contribution is 2.28. The van der Waals surface area contributed by atoms with Gasteiger partial charge in [-0.15, -0.1) is 0 Å². The number of H-pyrrole nitrogens is 1. The number of halogens is 1. The number of ketones is 1. The fourth-order valence-electron chi connectivity index (χ4n) is 2.73. The fourth-order valence-corrected chi connectivity index (χ4v) is 3.73. The second kappa shape index (κ2) is 7.09. The third-order valence-corrected chi connectivity index (χ3v) is 5.99. The van der Waals surface area contributed by atoms with E-state index in [1.54, 1.807) is 25.3 Å². The molecular weight excluding hydrogens is 371 g/mol. The lowest BCUT2D eigenvalue weighted by atomic mass is 9.97. The first-order valence-corrected chi connectivity index (χ1v) is 9.70. The Morgan fingerprint density at radius 1 is 1.33 bits per heavy atom. The van der Waals surface area contributed by atoms with E-state index in [2.05, 4.69) is 14.7 Å². The summed E-state index contributed by atoms with van der Waals surface area (Å²) in [5, 5.41) is 0.568. The molecule has 7 nitrogen and oxygen atoms in total. The van der Waals surface area contributed by atoms with E-state index >= 15 is 0 Å². The Balaban J connectivity index is 2.07. The molecule has 0 atom stereocenters. The molecule has 3 rings (SSSR count). The van der Waals surface area contributed by atoms with Crippen LogP contribution in [0.2, 0.25) is 0 Å². The second-order valence-electron chi connectivity index (χ2n) is 6.05. The monoisotopic (exact) mass is 390 g/mol. The van der Waals surface area contributed by atoms with Crippen molar-refractivity contribution >= 4 is 32.7 Å². The average molecular weight is 390 g/mol. The largest absolute Gasteiger partial charge is 0.345 e. The van der Waals surface area contributed by atoms with Crippen LogP contribution in [0.4, 0.5) is 10.1 Å². The Hall–Kier alpha value is -2.78. The van der Waals surface area contributed by atoms with E-state index in [0.29, 0.717) is 11.0 Å². The molecule has 27 heavy (non-hydrogen) atoms. The first kappa shape index (κ1) is 19.0. The first-order chi connectivity index (χ1) is 12.8. The zero-order chi connectivity index (χ0) is 19.8. The number of carbonyl (C=O) groups excluding carboxylic acids is 1. The zero-order valence-electron chi connectivity index (χ0n) is 15.1. The lowest BCUT2D eigenvalue weighted by Gasteiger charge is -2.18. The molecule has 0 radical (unpaired) electrons. The van der Waals surface area contributed by atoms with Crippen LogP contribution in [0, 0.1) is 12.7 Å². The Bertz CT molecular complexity index is 1120. The van der Waals surface area contributed by atoms with Crippen molar-refractivity contribution in [3.63, 3.8) is 0 Å². The number of fused-ring (bicyclic) bond motifs is 1. The van der Waals surface area contributed by atoms with Crippen molar-refractivity contribution in [2.75, 3.05) is 18.3 Å². The lowest BCUT2D eigenvalue weighted by molar-refractivity contribution is 0.103. The van der Waals surface area contributed by atoms with Crippen LogP contribution in [0.25, 0.3) is 11.0 Å². The zero-order valence-corrected chi connectivity index (χ0v) is 15.9. The third kappa shape index (κ3) is 3.43. The number of hydrogen-bond donors (Lipinski definition) is 2.